The average molecular weight is 959 g/mol. The smallest absolute Gasteiger partial charge is 0.220 e. The molecule has 69 heavy (non-hydrogen) atoms. The molecule has 3 N–H and O–H groups in total. The largest absolute Gasteiger partial charge is 0.394 e. The summed E-state index contributed by atoms with van der Waals surface area (Å²) in [6.07, 6.45) is 88.7. The molecule has 4 nitrogen and oxygen atoms in total. The van der Waals surface area contributed by atoms with Crippen molar-refractivity contribution in [1.29, 1.82) is 0 Å². The van der Waals surface area contributed by atoms with Crippen LogP contribution < -0.4 is 5.32 Å². The summed E-state index contributed by atoms with van der Waals surface area (Å²) in [5.74, 6) is -0.0805. The minimum atomic E-state index is -0.877. The van der Waals surface area contributed by atoms with Crippen LogP contribution in [-0.4, -0.2) is 34.9 Å². The van der Waals surface area contributed by atoms with Gasteiger partial charge in [-0.2, -0.15) is 0 Å². The number of hydrogen-bond acceptors (Lipinski definition) is 3. The Kier molecular flexibility index (Phi) is 57.3. The molecule has 2 unspecified atom stereocenters. The minimum Gasteiger partial charge on any atom is -0.394 e. The summed E-state index contributed by atoms with van der Waals surface area (Å²) >= 11 is 0. The highest BCUT2D eigenvalue weighted by molar-refractivity contribution is 5.76. The summed E-state index contributed by atoms with van der Waals surface area (Å²) in [5.41, 5.74) is 0. The van der Waals surface area contributed by atoms with Crippen LogP contribution in [0.15, 0.2) is 97.2 Å². The second-order valence-corrected chi connectivity index (χ2v) is 20.0. The Bertz CT molecular complexity index is 1270. The van der Waals surface area contributed by atoms with Crippen LogP contribution in [0.25, 0.3) is 0 Å². The quantitative estimate of drug-likeness (QED) is 0.0420. The van der Waals surface area contributed by atoms with E-state index in [9.17, 15) is 15.0 Å². The lowest BCUT2D eigenvalue weighted by molar-refractivity contribution is -0.123. The molecular formula is C65H115NO3. The van der Waals surface area contributed by atoms with Crippen LogP contribution in [-0.2, 0) is 4.79 Å². The molecule has 0 saturated carbocycles. The molecule has 0 aromatic heterocycles. The predicted octanol–water partition coefficient (Wildman–Crippen LogP) is 20.1. The van der Waals surface area contributed by atoms with Crippen molar-refractivity contribution in [3.63, 3.8) is 0 Å². The van der Waals surface area contributed by atoms with E-state index in [4.69, 9.17) is 0 Å². The number of aliphatic hydroxyl groups excluding tert-OH is 2. The lowest BCUT2D eigenvalue weighted by Crippen LogP contribution is -2.45. The summed E-state index contributed by atoms with van der Waals surface area (Å²) < 4.78 is 0. The number of amides is 1. The zero-order chi connectivity index (χ0) is 49.9. The number of unbranched alkanes of at least 4 members (excludes halogenated alkanes) is 33. The lowest BCUT2D eigenvalue weighted by atomic mass is 10.0. The van der Waals surface area contributed by atoms with Gasteiger partial charge in [-0.1, -0.05) is 291 Å². The van der Waals surface area contributed by atoms with Gasteiger partial charge < -0.3 is 15.5 Å². The van der Waals surface area contributed by atoms with E-state index in [1.54, 1.807) is 6.08 Å². The third-order valence-electron chi connectivity index (χ3n) is 13.3. The van der Waals surface area contributed by atoms with Crippen molar-refractivity contribution in [2.24, 2.45) is 0 Å². The molecule has 0 heterocycles. The van der Waals surface area contributed by atoms with E-state index in [2.05, 4.69) is 104 Å². The minimum absolute atomic E-state index is 0.0805. The van der Waals surface area contributed by atoms with Gasteiger partial charge in [0.05, 0.1) is 18.8 Å². The van der Waals surface area contributed by atoms with E-state index >= 15 is 0 Å². The first-order valence-corrected chi connectivity index (χ1v) is 30.0. The highest BCUT2D eigenvalue weighted by Crippen LogP contribution is 2.16. The van der Waals surface area contributed by atoms with E-state index < -0.39 is 12.1 Å². The molecule has 0 fully saturated rings. The van der Waals surface area contributed by atoms with Gasteiger partial charge in [0.25, 0.3) is 0 Å². The van der Waals surface area contributed by atoms with Crippen molar-refractivity contribution >= 4 is 5.91 Å². The first-order valence-electron chi connectivity index (χ1n) is 30.0. The summed E-state index contributed by atoms with van der Waals surface area (Å²) in [6, 6.07) is -0.653. The number of allylic oxidation sites excluding steroid dienone is 15. The van der Waals surface area contributed by atoms with Crippen LogP contribution >= 0.6 is 0 Å². The number of aliphatic hydroxyl groups is 2. The summed E-state index contributed by atoms with van der Waals surface area (Å²) in [7, 11) is 0. The predicted molar refractivity (Wildman–Crippen MR) is 308 cm³/mol. The molecule has 0 aromatic rings. The zero-order valence-corrected chi connectivity index (χ0v) is 45.8. The molecule has 0 spiro atoms. The van der Waals surface area contributed by atoms with Crippen LogP contribution in [0.5, 0.6) is 0 Å². The van der Waals surface area contributed by atoms with Crippen molar-refractivity contribution in [3.8, 4) is 0 Å². The standard InChI is InChI=1S/C65H115NO3/c1-3-5-7-9-11-13-15-17-19-21-23-25-27-29-31-33-35-37-39-41-43-45-47-49-51-53-55-57-59-61-65(69)66-63(62-67)64(68)60-58-56-54-52-50-48-46-44-42-40-38-36-34-32-30-28-26-24-22-20-18-16-14-12-10-8-6-4-2/h5,7,11,13,17,19,23,25,29,31,42,44,50,52,58,60,63-64,67-68H,3-4,6,8-10,12,14-16,18,20-22,24,26-28,30,32-41,43,45-49,51,53-57,59,61-62H2,1-2H3,(H,66,69)/b7-5-,13-11-,19-17-,25-23-,31-29-,44-42+,52-50+,60-58+. The molecule has 0 aliphatic heterocycles. The second kappa shape index (κ2) is 59.6. The molecule has 4 heteroatoms. The molecule has 0 aromatic carbocycles. The third-order valence-corrected chi connectivity index (χ3v) is 13.3. The molecule has 0 radical (unpaired) electrons. The van der Waals surface area contributed by atoms with Gasteiger partial charge in [0.1, 0.15) is 0 Å². The van der Waals surface area contributed by atoms with E-state index in [0.717, 1.165) is 70.6 Å². The van der Waals surface area contributed by atoms with Crippen LogP contribution in [0.1, 0.15) is 290 Å². The first kappa shape index (κ1) is 66.3. The van der Waals surface area contributed by atoms with E-state index in [0.29, 0.717) is 6.42 Å². The van der Waals surface area contributed by atoms with E-state index in [1.807, 2.05) is 6.08 Å². The van der Waals surface area contributed by atoms with Gasteiger partial charge in [0, 0.05) is 6.42 Å². The van der Waals surface area contributed by atoms with Gasteiger partial charge in [-0.3, -0.25) is 4.79 Å². The molecule has 398 valence electrons. The molecular weight excluding hydrogens is 843 g/mol. The second-order valence-electron chi connectivity index (χ2n) is 20.0. The van der Waals surface area contributed by atoms with E-state index in [-0.39, 0.29) is 12.5 Å². The topological polar surface area (TPSA) is 69.6 Å². The van der Waals surface area contributed by atoms with Crippen molar-refractivity contribution < 1.29 is 15.0 Å². The van der Waals surface area contributed by atoms with Gasteiger partial charge in [-0.15, -0.1) is 0 Å². The normalized spacial score (nSPS) is 13.5. The summed E-state index contributed by atoms with van der Waals surface area (Å²) in [4.78, 5) is 12.5. The number of hydrogen-bond donors (Lipinski definition) is 3. The Morgan fingerprint density at radius 3 is 1.01 bits per heavy atom. The lowest BCUT2D eigenvalue weighted by Gasteiger charge is -2.19. The van der Waals surface area contributed by atoms with Crippen molar-refractivity contribution in [3.05, 3.63) is 97.2 Å². The highest BCUT2D eigenvalue weighted by Gasteiger charge is 2.18. The Morgan fingerprint density at radius 1 is 0.362 bits per heavy atom. The van der Waals surface area contributed by atoms with Gasteiger partial charge >= 0.3 is 0 Å². The molecule has 0 bridgehead atoms. The molecule has 1 amide bonds. The molecule has 0 aliphatic carbocycles. The Balaban J connectivity index is 3.57. The van der Waals surface area contributed by atoms with Crippen molar-refractivity contribution in [2.75, 3.05) is 6.61 Å². The zero-order valence-electron chi connectivity index (χ0n) is 45.8. The van der Waals surface area contributed by atoms with Gasteiger partial charge in [-0.05, 0) is 89.9 Å². The number of carbonyl (C=O) groups excluding carboxylic acids is 1. The first-order chi connectivity index (χ1) is 34.2. The van der Waals surface area contributed by atoms with Crippen molar-refractivity contribution in [1.82, 2.24) is 5.32 Å². The number of carbonyl (C=O) groups is 1. The highest BCUT2D eigenvalue weighted by atomic mass is 16.3. The van der Waals surface area contributed by atoms with Crippen LogP contribution in [0.4, 0.5) is 0 Å². The Morgan fingerprint density at radius 2 is 0.652 bits per heavy atom. The monoisotopic (exact) mass is 958 g/mol. The average Bonchev–Trinajstić information content (AvgIpc) is 3.35. The molecule has 0 saturated heterocycles. The van der Waals surface area contributed by atoms with Gasteiger partial charge in [-0.25, -0.2) is 0 Å². The van der Waals surface area contributed by atoms with Crippen LogP contribution in [0.2, 0.25) is 0 Å². The summed E-state index contributed by atoms with van der Waals surface area (Å²) in [6.45, 7) is 4.20. The van der Waals surface area contributed by atoms with Gasteiger partial charge in [0.2, 0.25) is 5.91 Å². The maximum Gasteiger partial charge on any atom is 0.220 e. The van der Waals surface area contributed by atoms with Gasteiger partial charge in [0.15, 0.2) is 0 Å². The SMILES string of the molecule is CC/C=C\C/C=C\C/C=C\C/C=C\C/C=C\CCCCCCCCCCCCCCCC(=O)NC(CO)C(O)/C=C/CC/C=C/CC/C=C/CCCCCCCCCCCCCCCCCCCC. The molecule has 2 atom stereocenters. The fourth-order valence-corrected chi connectivity index (χ4v) is 8.77. The fraction of sp³-hybridized carbons (Fsp3) is 0.738. The van der Waals surface area contributed by atoms with E-state index in [1.165, 1.54) is 199 Å². The van der Waals surface area contributed by atoms with Crippen LogP contribution in [0.3, 0.4) is 0 Å². The third kappa shape index (κ3) is 56.1. The molecule has 0 rings (SSSR count). The molecule has 0 aliphatic rings. The maximum atomic E-state index is 12.5. The Hall–Kier alpha value is -2.69. The Labute approximate surface area is 430 Å². The van der Waals surface area contributed by atoms with Crippen molar-refractivity contribution in [2.45, 2.75) is 302 Å². The van der Waals surface area contributed by atoms with Crippen LogP contribution in [0, 0.1) is 0 Å². The number of nitrogens with one attached hydrogen (secondary N) is 1. The maximum absolute atomic E-state index is 12.5. The number of rotatable bonds is 54. The summed E-state index contributed by atoms with van der Waals surface area (Å²) in [5, 5.41) is 23.2. The fourth-order valence-electron chi connectivity index (χ4n) is 8.77.